The van der Waals surface area contributed by atoms with Gasteiger partial charge in [-0.25, -0.2) is 0 Å². The van der Waals surface area contributed by atoms with Gasteiger partial charge >= 0.3 is 5.82 Å². The van der Waals surface area contributed by atoms with Gasteiger partial charge in [-0.15, -0.1) is 0 Å². The maximum absolute atomic E-state index is 6.99. The average molecular weight is 756 g/mol. The number of pyridine rings is 1. The van der Waals surface area contributed by atoms with E-state index in [0.29, 0.717) is 5.92 Å². The number of para-hydroxylation sites is 3. The van der Waals surface area contributed by atoms with E-state index in [0.717, 1.165) is 75.0 Å². The molecule has 276 valence electrons. The molecule has 0 radical (unpaired) electrons. The largest absolute Gasteiger partial charge is 0.455 e. The van der Waals surface area contributed by atoms with Gasteiger partial charge in [-0.05, 0) is 71.5 Å². The monoisotopic (exact) mass is 755 g/mol. The number of hydrogen-bond donors (Lipinski definition) is 0. The van der Waals surface area contributed by atoms with Crippen LogP contribution in [0, 0.1) is 0 Å². The lowest BCUT2D eigenvalue weighted by molar-refractivity contribution is -0.719. The van der Waals surface area contributed by atoms with Gasteiger partial charge in [-0.2, -0.15) is 13.7 Å². The van der Waals surface area contributed by atoms with Gasteiger partial charge in [0.1, 0.15) is 22.5 Å². The summed E-state index contributed by atoms with van der Waals surface area (Å²) in [6.07, 6.45) is 5.21. The number of furan rings is 1. The van der Waals surface area contributed by atoms with Crippen molar-refractivity contribution < 1.29 is 13.6 Å². The molecule has 6 aromatic carbocycles. The summed E-state index contributed by atoms with van der Waals surface area (Å²) in [5, 5.41) is 3.75. The molecule has 0 fully saturated rings. The Hall–Kier alpha value is -6.30. The minimum absolute atomic E-state index is 0.194. The van der Waals surface area contributed by atoms with E-state index >= 15 is 0 Å². The van der Waals surface area contributed by atoms with Gasteiger partial charge in [-0.3, -0.25) is 0 Å². The molecule has 11 rings (SSSR count). The summed E-state index contributed by atoms with van der Waals surface area (Å²) >= 11 is 0. The average Bonchev–Trinajstić information content (AvgIpc) is 3.79. The molecular weight excluding hydrogens is 711 g/mol. The van der Waals surface area contributed by atoms with Crippen LogP contribution >= 0.6 is 0 Å². The summed E-state index contributed by atoms with van der Waals surface area (Å²) < 4.78 is 14.6. The summed E-state index contributed by atoms with van der Waals surface area (Å²) in [6, 6.07) is 55.8. The Kier molecular flexibility index (Phi) is 7.67. The van der Waals surface area contributed by atoms with E-state index in [4.69, 9.17) is 11.0 Å². The smallest absolute Gasteiger partial charge is 0.304 e. The van der Waals surface area contributed by atoms with Gasteiger partial charge in [0.05, 0.1) is 14.5 Å². The predicted octanol–water partition coefficient (Wildman–Crippen LogP) is 11.8. The summed E-state index contributed by atoms with van der Waals surface area (Å²) in [5.41, 5.74) is 15.2. The van der Waals surface area contributed by atoms with E-state index in [1.807, 2.05) is 0 Å². The lowest BCUT2D eigenvalue weighted by Crippen LogP contribution is -2.53. The number of aryl methyl sites for hydroxylation is 1. The maximum Gasteiger partial charge on any atom is 0.304 e. The SMILES string of the molecule is C=C1CC2C(CCc3ccc4c(oc5ccccc54)c3-c3n(-c4cccc(-c5ccccc5)c4)c4ccccc4[n+]31)c1ccccc1-c1ccc([Si](C)(C)C)c[n+]12. The third-order valence-corrected chi connectivity index (χ3v) is 14.7. The zero-order chi connectivity index (χ0) is 38.4. The molecule has 0 saturated carbocycles. The van der Waals surface area contributed by atoms with Crippen molar-refractivity contribution in [1.29, 1.82) is 0 Å². The topological polar surface area (TPSA) is 25.8 Å². The van der Waals surface area contributed by atoms with Crippen molar-refractivity contribution in [2.75, 3.05) is 0 Å². The van der Waals surface area contributed by atoms with Gasteiger partial charge in [0, 0.05) is 33.5 Å². The second-order valence-electron chi connectivity index (χ2n) is 17.0. The van der Waals surface area contributed by atoms with Crippen LogP contribution in [-0.2, 0) is 6.42 Å². The molecule has 0 spiro atoms. The third-order valence-electron chi connectivity index (χ3n) is 12.6. The molecule has 0 amide bonds. The molecule has 3 aromatic heterocycles. The number of hydrogen-bond acceptors (Lipinski definition) is 1. The quantitative estimate of drug-likeness (QED) is 0.130. The minimum Gasteiger partial charge on any atom is -0.455 e. The molecule has 0 bridgehead atoms. The molecule has 5 heterocycles. The lowest BCUT2D eigenvalue weighted by atomic mass is 9.77. The molecule has 5 heteroatoms. The van der Waals surface area contributed by atoms with Crippen molar-refractivity contribution in [3.63, 3.8) is 0 Å². The highest BCUT2D eigenvalue weighted by Crippen LogP contribution is 2.46. The first-order valence-electron chi connectivity index (χ1n) is 20.3. The van der Waals surface area contributed by atoms with Crippen LogP contribution in [0.3, 0.4) is 0 Å². The number of rotatable bonds is 3. The minimum atomic E-state index is -1.61. The van der Waals surface area contributed by atoms with Crippen molar-refractivity contribution in [3.8, 4) is 39.5 Å². The molecule has 2 aliphatic rings. The number of imidazole rings is 1. The second kappa shape index (κ2) is 12.9. The van der Waals surface area contributed by atoms with E-state index in [-0.39, 0.29) is 6.04 Å². The van der Waals surface area contributed by atoms with E-state index in [1.54, 1.807) is 0 Å². The Bertz CT molecular complexity index is 3070. The highest BCUT2D eigenvalue weighted by Gasteiger charge is 2.44. The fraction of sp³-hybridized carbons (Fsp3) is 0.154. The zero-order valence-corrected chi connectivity index (χ0v) is 33.7. The summed E-state index contributed by atoms with van der Waals surface area (Å²) in [5.74, 6) is 1.38. The van der Waals surface area contributed by atoms with E-state index in [2.05, 4.69) is 191 Å². The molecular formula is C52H45N3OSi+2. The van der Waals surface area contributed by atoms with Crippen LogP contribution in [0.2, 0.25) is 19.6 Å². The van der Waals surface area contributed by atoms with Crippen molar-refractivity contribution in [2.24, 2.45) is 0 Å². The van der Waals surface area contributed by atoms with E-state index in [9.17, 15) is 0 Å². The summed E-state index contributed by atoms with van der Waals surface area (Å²) in [7, 11) is -1.61. The van der Waals surface area contributed by atoms with Crippen LogP contribution in [0.5, 0.6) is 0 Å². The molecule has 57 heavy (non-hydrogen) atoms. The molecule has 2 unspecified atom stereocenters. The van der Waals surface area contributed by atoms with Crippen LogP contribution < -0.4 is 14.3 Å². The first-order chi connectivity index (χ1) is 27.8. The van der Waals surface area contributed by atoms with Crippen LogP contribution in [0.4, 0.5) is 0 Å². The molecule has 2 atom stereocenters. The summed E-state index contributed by atoms with van der Waals surface area (Å²) in [6.45, 7) is 12.4. The maximum atomic E-state index is 6.99. The van der Waals surface area contributed by atoms with Gasteiger partial charge in [0.15, 0.2) is 28.9 Å². The van der Waals surface area contributed by atoms with Gasteiger partial charge in [0.25, 0.3) is 0 Å². The predicted molar refractivity (Wildman–Crippen MR) is 237 cm³/mol. The van der Waals surface area contributed by atoms with Crippen LogP contribution in [0.15, 0.2) is 169 Å². The van der Waals surface area contributed by atoms with E-state index in [1.165, 1.54) is 38.7 Å². The number of fused-ring (bicyclic) bond motifs is 15. The lowest BCUT2D eigenvalue weighted by Gasteiger charge is -2.32. The highest BCUT2D eigenvalue weighted by molar-refractivity contribution is 6.88. The van der Waals surface area contributed by atoms with Crippen molar-refractivity contribution in [1.82, 2.24) is 4.57 Å². The first kappa shape index (κ1) is 34.0. The van der Waals surface area contributed by atoms with Gasteiger partial charge in [-0.1, -0.05) is 135 Å². The molecule has 4 nitrogen and oxygen atoms in total. The molecule has 2 aliphatic heterocycles. The number of benzene rings is 6. The Labute approximate surface area is 334 Å². The second-order valence-corrected chi connectivity index (χ2v) is 22.1. The Morgan fingerprint density at radius 2 is 1.49 bits per heavy atom. The fourth-order valence-corrected chi connectivity index (χ4v) is 11.0. The molecule has 0 saturated heterocycles. The number of aromatic nitrogens is 3. The van der Waals surface area contributed by atoms with Crippen LogP contribution in [0.25, 0.3) is 78.1 Å². The number of nitrogens with zero attached hydrogens (tertiary/aromatic N) is 3. The Balaban J connectivity index is 1.23. The molecule has 0 N–H and O–H groups in total. The normalized spacial score (nSPS) is 16.5. The first-order valence-corrected chi connectivity index (χ1v) is 23.8. The third kappa shape index (κ3) is 5.33. The van der Waals surface area contributed by atoms with Crippen LogP contribution in [-0.4, -0.2) is 12.6 Å². The highest BCUT2D eigenvalue weighted by atomic mass is 28.3. The van der Waals surface area contributed by atoms with Crippen molar-refractivity contribution in [3.05, 3.63) is 176 Å². The Morgan fingerprint density at radius 1 is 0.719 bits per heavy atom. The molecule has 0 aliphatic carbocycles. The van der Waals surface area contributed by atoms with Gasteiger partial charge < -0.3 is 4.42 Å². The van der Waals surface area contributed by atoms with E-state index < -0.39 is 8.07 Å². The summed E-state index contributed by atoms with van der Waals surface area (Å²) in [4.78, 5) is 0. The van der Waals surface area contributed by atoms with Crippen LogP contribution in [0.1, 0.15) is 35.9 Å². The number of allylic oxidation sites excluding steroid dienone is 1. The Morgan fingerprint density at radius 3 is 2.37 bits per heavy atom. The van der Waals surface area contributed by atoms with Crippen molar-refractivity contribution in [2.45, 2.75) is 50.9 Å². The van der Waals surface area contributed by atoms with Crippen molar-refractivity contribution >= 4 is 51.9 Å². The fourth-order valence-electron chi connectivity index (χ4n) is 9.86. The zero-order valence-electron chi connectivity index (χ0n) is 32.7. The van der Waals surface area contributed by atoms with Gasteiger partial charge in [0.2, 0.25) is 5.69 Å². The molecule has 9 aromatic rings. The standard InChI is InChI=1S/C52H45N3OSi/c1-34-31-48-42(40-19-8-9-20-41(40)45-30-27-39(33-53(45)48)57(2,3)4)28-25-36-26-29-44-43-21-10-13-24-49(43)56-51(44)50(36)52-54(34)46-22-11-12-23-47(46)55(52)38-18-14-17-37(32-38)35-15-6-5-7-16-35/h5-24,26-27,29-30,32-33,42,48H,1,25,28,31H2,2-4H3/q+2.